The molecule has 0 bridgehead atoms. The first-order valence-corrected chi connectivity index (χ1v) is 20.5. The molecule has 0 amide bonds. The minimum atomic E-state index is 0.941. The van der Waals surface area contributed by atoms with Gasteiger partial charge in [-0.1, -0.05) is 164 Å². The average Bonchev–Trinajstić information content (AvgIpc) is 3.85. The van der Waals surface area contributed by atoms with Crippen molar-refractivity contribution >= 4 is 54.4 Å². The monoisotopic (exact) mass is 763 g/mol. The highest BCUT2D eigenvalue weighted by atomic mass is 15.0. The first kappa shape index (κ1) is 34.1. The summed E-state index contributed by atoms with van der Waals surface area (Å²) in [6, 6.07) is 81.0. The molecule has 0 N–H and O–H groups in total. The molecule has 0 aliphatic rings. The molecule has 280 valence electrons. The molecule has 0 unspecified atom stereocenters. The van der Waals surface area contributed by atoms with Crippen LogP contribution in [0, 0.1) is 0 Å². The Labute approximate surface area is 347 Å². The average molecular weight is 764 g/mol. The highest BCUT2D eigenvalue weighted by molar-refractivity contribution is 6.23. The molecular formula is C57H37N3. The third kappa shape index (κ3) is 5.55. The summed E-state index contributed by atoms with van der Waals surface area (Å²) in [6.07, 6.45) is 0. The van der Waals surface area contributed by atoms with E-state index in [9.17, 15) is 0 Å². The predicted molar refractivity (Wildman–Crippen MR) is 252 cm³/mol. The fourth-order valence-corrected chi connectivity index (χ4v) is 9.27. The smallest absolute Gasteiger partial charge is 0.0788 e. The van der Waals surface area contributed by atoms with Gasteiger partial charge in [0.25, 0.3) is 0 Å². The van der Waals surface area contributed by atoms with Gasteiger partial charge in [0.05, 0.1) is 33.5 Å². The first-order valence-electron chi connectivity index (χ1n) is 20.5. The summed E-state index contributed by atoms with van der Waals surface area (Å²) in [6.45, 7) is 0. The van der Waals surface area contributed by atoms with Gasteiger partial charge in [0.1, 0.15) is 0 Å². The Morgan fingerprint density at radius 1 is 0.267 bits per heavy atom. The third-order valence-electron chi connectivity index (χ3n) is 12.1. The van der Waals surface area contributed by atoms with Crippen LogP contribution in [0.2, 0.25) is 0 Å². The van der Waals surface area contributed by atoms with Crippen molar-refractivity contribution in [1.29, 1.82) is 0 Å². The summed E-state index contributed by atoms with van der Waals surface area (Å²) in [4.78, 5) is 5.34. The number of hydrogen-bond donors (Lipinski definition) is 0. The number of rotatable bonds is 6. The SMILES string of the molecule is c1ccc(-c2cc(-c3cccc(-c4cccc(-n5c6ccccc6c6ccc7c8ccccc8n(-c8ccccc8)c7c65)c4)c3)nc(-c3ccc4ccccc4c3)c2)cc1. The number of nitrogens with zero attached hydrogens (tertiary/aromatic N) is 3. The van der Waals surface area contributed by atoms with Gasteiger partial charge in [-0.05, 0) is 93.7 Å². The van der Waals surface area contributed by atoms with E-state index in [2.05, 4.69) is 234 Å². The van der Waals surface area contributed by atoms with Crippen LogP contribution in [0.4, 0.5) is 0 Å². The molecule has 0 radical (unpaired) electrons. The molecule has 3 heterocycles. The third-order valence-corrected chi connectivity index (χ3v) is 12.1. The maximum atomic E-state index is 5.34. The summed E-state index contributed by atoms with van der Waals surface area (Å²) >= 11 is 0. The predicted octanol–water partition coefficient (Wildman–Crippen LogP) is 15.1. The zero-order valence-corrected chi connectivity index (χ0v) is 32.7. The second-order valence-electron chi connectivity index (χ2n) is 15.6. The summed E-state index contributed by atoms with van der Waals surface area (Å²) in [5.74, 6) is 0. The van der Waals surface area contributed by atoms with Crippen molar-refractivity contribution in [3.63, 3.8) is 0 Å². The standard InChI is InChI=1S/C57H37N3/c1-3-15-38(16-4-1)45-36-52(58-53(37-45)44-30-29-39-17-7-8-18-40(39)33-44)43-21-13-19-41(34-43)42-20-14-24-47(35-42)60-55-28-12-10-26-49(55)51-32-31-50-48-25-9-11-27-54(48)59(56(50)57(51)60)46-22-5-2-6-23-46/h1-37H. The molecule has 0 atom stereocenters. The van der Waals surface area contributed by atoms with Crippen molar-refractivity contribution in [2.24, 2.45) is 0 Å². The van der Waals surface area contributed by atoms with Crippen LogP contribution < -0.4 is 0 Å². The first-order chi connectivity index (χ1) is 29.7. The minimum Gasteiger partial charge on any atom is -0.307 e. The molecule has 3 aromatic heterocycles. The minimum absolute atomic E-state index is 0.941. The van der Waals surface area contributed by atoms with Crippen molar-refractivity contribution in [2.45, 2.75) is 0 Å². The van der Waals surface area contributed by atoms with Crippen LogP contribution in [0.5, 0.6) is 0 Å². The van der Waals surface area contributed by atoms with Gasteiger partial charge in [-0.2, -0.15) is 0 Å². The number of fused-ring (bicyclic) bond motifs is 8. The van der Waals surface area contributed by atoms with Crippen LogP contribution in [0.25, 0.3) is 111 Å². The molecule has 0 fully saturated rings. The van der Waals surface area contributed by atoms with Crippen LogP contribution in [0.1, 0.15) is 0 Å². The molecule has 9 aromatic carbocycles. The summed E-state index contributed by atoms with van der Waals surface area (Å²) in [5, 5.41) is 7.38. The van der Waals surface area contributed by atoms with Crippen LogP contribution >= 0.6 is 0 Å². The summed E-state index contributed by atoms with van der Waals surface area (Å²) in [7, 11) is 0. The molecule has 3 nitrogen and oxygen atoms in total. The number of benzene rings is 9. The number of aromatic nitrogens is 3. The van der Waals surface area contributed by atoms with E-state index in [-0.39, 0.29) is 0 Å². The second kappa shape index (κ2) is 13.8. The molecule has 12 aromatic rings. The summed E-state index contributed by atoms with van der Waals surface area (Å²) in [5.41, 5.74) is 15.7. The van der Waals surface area contributed by atoms with E-state index in [1.54, 1.807) is 0 Å². The Balaban J connectivity index is 1.04. The lowest BCUT2D eigenvalue weighted by molar-refractivity contribution is 1.15. The Morgan fingerprint density at radius 2 is 0.767 bits per heavy atom. The zero-order valence-electron chi connectivity index (χ0n) is 32.7. The van der Waals surface area contributed by atoms with Gasteiger partial charge < -0.3 is 9.13 Å². The molecule has 0 aliphatic heterocycles. The number of para-hydroxylation sites is 3. The Hall–Kier alpha value is -8.01. The fraction of sp³-hybridized carbons (Fsp3) is 0. The number of pyridine rings is 1. The largest absolute Gasteiger partial charge is 0.307 e. The molecule has 60 heavy (non-hydrogen) atoms. The fourth-order valence-electron chi connectivity index (χ4n) is 9.27. The zero-order chi connectivity index (χ0) is 39.6. The molecule has 0 aliphatic carbocycles. The van der Waals surface area contributed by atoms with Crippen molar-refractivity contribution in [2.75, 3.05) is 0 Å². The second-order valence-corrected chi connectivity index (χ2v) is 15.6. The maximum Gasteiger partial charge on any atom is 0.0788 e. The topological polar surface area (TPSA) is 22.8 Å². The van der Waals surface area contributed by atoms with Gasteiger partial charge in [-0.25, -0.2) is 4.98 Å². The lowest BCUT2D eigenvalue weighted by Gasteiger charge is -2.14. The van der Waals surface area contributed by atoms with Gasteiger partial charge in [-0.3, -0.25) is 0 Å². The van der Waals surface area contributed by atoms with E-state index in [1.807, 2.05) is 0 Å². The van der Waals surface area contributed by atoms with Gasteiger partial charge in [0.15, 0.2) is 0 Å². The molecule has 3 heteroatoms. The summed E-state index contributed by atoms with van der Waals surface area (Å²) < 4.78 is 4.91. The van der Waals surface area contributed by atoms with E-state index in [1.165, 1.54) is 59.9 Å². The molecule has 0 spiro atoms. The lowest BCUT2D eigenvalue weighted by atomic mass is 9.97. The molecule has 0 saturated carbocycles. The highest BCUT2D eigenvalue weighted by Crippen LogP contribution is 2.42. The van der Waals surface area contributed by atoms with Crippen LogP contribution in [0.15, 0.2) is 224 Å². The van der Waals surface area contributed by atoms with Gasteiger partial charge in [0, 0.05) is 44.0 Å². The van der Waals surface area contributed by atoms with Crippen LogP contribution in [0.3, 0.4) is 0 Å². The Kier molecular flexibility index (Phi) is 7.85. The van der Waals surface area contributed by atoms with E-state index in [0.29, 0.717) is 0 Å². The maximum absolute atomic E-state index is 5.34. The van der Waals surface area contributed by atoms with Crippen LogP contribution in [-0.4, -0.2) is 14.1 Å². The van der Waals surface area contributed by atoms with Gasteiger partial charge in [-0.15, -0.1) is 0 Å². The Morgan fingerprint density at radius 3 is 1.47 bits per heavy atom. The van der Waals surface area contributed by atoms with Crippen LogP contribution in [-0.2, 0) is 0 Å². The van der Waals surface area contributed by atoms with E-state index < -0.39 is 0 Å². The molecular weight excluding hydrogens is 727 g/mol. The normalized spacial score (nSPS) is 11.7. The number of hydrogen-bond acceptors (Lipinski definition) is 1. The van der Waals surface area contributed by atoms with Gasteiger partial charge in [0.2, 0.25) is 0 Å². The van der Waals surface area contributed by atoms with Crippen molar-refractivity contribution < 1.29 is 0 Å². The van der Waals surface area contributed by atoms with E-state index in [0.717, 1.165) is 50.6 Å². The molecule has 12 rings (SSSR count). The quantitative estimate of drug-likeness (QED) is 0.165. The van der Waals surface area contributed by atoms with Gasteiger partial charge >= 0.3 is 0 Å². The lowest BCUT2D eigenvalue weighted by Crippen LogP contribution is -1.99. The van der Waals surface area contributed by atoms with Crippen molar-refractivity contribution in [3.8, 4) is 56.1 Å². The van der Waals surface area contributed by atoms with Crippen molar-refractivity contribution in [1.82, 2.24) is 14.1 Å². The Bertz CT molecular complexity index is 3590. The highest BCUT2D eigenvalue weighted by Gasteiger charge is 2.21. The van der Waals surface area contributed by atoms with E-state index in [4.69, 9.17) is 4.98 Å². The van der Waals surface area contributed by atoms with E-state index >= 15 is 0 Å². The van der Waals surface area contributed by atoms with Crippen molar-refractivity contribution in [3.05, 3.63) is 224 Å². The molecule has 0 saturated heterocycles.